The van der Waals surface area contributed by atoms with Gasteiger partial charge < -0.3 is 15.3 Å². The van der Waals surface area contributed by atoms with E-state index in [0.717, 1.165) is 6.42 Å². The van der Waals surface area contributed by atoms with Crippen molar-refractivity contribution in [3.8, 4) is 0 Å². The van der Waals surface area contributed by atoms with Gasteiger partial charge in [0.05, 0.1) is 5.92 Å². The Morgan fingerprint density at radius 3 is 2.50 bits per heavy atom. The van der Waals surface area contributed by atoms with Gasteiger partial charge in [-0.25, -0.2) is 4.79 Å². The first-order chi connectivity index (χ1) is 10.6. The number of benzene rings is 1. The van der Waals surface area contributed by atoms with Gasteiger partial charge in [0.15, 0.2) is 0 Å². The highest BCUT2D eigenvalue weighted by Gasteiger charge is 2.38. The number of carbonyl (C=O) groups excluding carboxylic acids is 1. The average molecular weight is 302 g/mol. The zero-order valence-corrected chi connectivity index (χ0v) is 12.6. The molecule has 0 spiro atoms. The summed E-state index contributed by atoms with van der Waals surface area (Å²) in [6.07, 6.45) is 2.24. The number of piperidine rings is 1. The molecule has 2 aliphatic rings. The number of aliphatic carboxylic acids is 1. The Labute approximate surface area is 130 Å². The van der Waals surface area contributed by atoms with Crippen molar-refractivity contribution in [3.05, 3.63) is 35.9 Å². The summed E-state index contributed by atoms with van der Waals surface area (Å²) in [5, 5.41) is 12.0. The lowest BCUT2D eigenvalue weighted by Gasteiger charge is -2.30. The van der Waals surface area contributed by atoms with Crippen molar-refractivity contribution in [2.24, 2.45) is 11.8 Å². The standard InChI is InChI=1S/C17H22N2O3/c20-16(21)13-6-8-19(9-7-13)17(22)18-11-14-10-15(14)12-4-2-1-3-5-12/h1-5,13-15H,6-11H2,(H,18,22)(H,20,21)/t14-,15-/m0/s1. The van der Waals surface area contributed by atoms with Gasteiger partial charge in [0.2, 0.25) is 0 Å². The number of urea groups is 1. The number of nitrogens with zero attached hydrogens (tertiary/aromatic N) is 1. The van der Waals surface area contributed by atoms with Gasteiger partial charge in [-0.1, -0.05) is 30.3 Å². The summed E-state index contributed by atoms with van der Waals surface area (Å²) in [7, 11) is 0. The summed E-state index contributed by atoms with van der Waals surface area (Å²) >= 11 is 0. The van der Waals surface area contributed by atoms with Gasteiger partial charge in [0.25, 0.3) is 0 Å². The van der Waals surface area contributed by atoms with E-state index in [1.54, 1.807) is 4.90 Å². The van der Waals surface area contributed by atoms with Crippen LogP contribution in [-0.2, 0) is 4.79 Å². The molecular formula is C17H22N2O3. The number of carbonyl (C=O) groups is 2. The summed E-state index contributed by atoms with van der Waals surface area (Å²) in [6.45, 7) is 1.78. The first kappa shape index (κ1) is 14.9. The predicted molar refractivity (Wildman–Crippen MR) is 82.6 cm³/mol. The normalized spacial score (nSPS) is 24.8. The van der Waals surface area contributed by atoms with Crippen LogP contribution in [-0.4, -0.2) is 41.6 Å². The van der Waals surface area contributed by atoms with E-state index in [0.29, 0.717) is 44.3 Å². The molecule has 2 amide bonds. The highest BCUT2D eigenvalue weighted by Crippen LogP contribution is 2.46. The Hall–Kier alpha value is -2.04. The second kappa shape index (κ2) is 6.38. The Bertz CT molecular complexity index is 538. The molecule has 1 aliphatic carbocycles. The van der Waals surface area contributed by atoms with Crippen LogP contribution in [0.2, 0.25) is 0 Å². The highest BCUT2D eigenvalue weighted by molar-refractivity contribution is 5.75. The third-order valence-corrected chi connectivity index (χ3v) is 4.80. The molecule has 1 saturated carbocycles. The Kier molecular flexibility index (Phi) is 4.32. The van der Waals surface area contributed by atoms with Crippen molar-refractivity contribution in [1.29, 1.82) is 0 Å². The lowest BCUT2D eigenvalue weighted by atomic mass is 9.97. The number of hydrogen-bond acceptors (Lipinski definition) is 2. The zero-order chi connectivity index (χ0) is 15.5. The van der Waals surface area contributed by atoms with Crippen molar-refractivity contribution in [3.63, 3.8) is 0 Å². The molecule has 2 atom stereocenters. The van der Waals surface area contributed by atoms with Gasteiger partial charge in [-0.05, 0) is 36.7 Å². The highest BCUT2D eigenvalue weighted by atomic mass is 16.4. The molecule has 1 aliphatic heterocycles. The first-order valence-corrected chi connectivity index (χ1v) is 7.95. The van der Waals surface area contributed by atoms with E-state index in [1.165, 1.54) is 5.56 Å². The molecule has 5 heteroatoms. The molecule has 0 aromatic heterocycles. The van der Waals surface area contributed by atoms with Crippen molar-refractivity contribution in [1.82, 2.24) is 10.2 Å². The largest absolute Gasteiger partial charge is 0.481 e. The maximum absolute atomic E-state index is 12.1. The van der Waals surface area contributed by atoms with E-state index in [2.05, 4.69) is 29.6 Å². The number of nitrogens with one attached hydrogen (secondary N) is 1. The Balaban J connectivity index is 1.40. The zero-order valence-electron chi connectivity index (χ0n) is 12.6. The fourth-order valence-electron chi connectivity index (χ4n) is 3.24. The Morgan fingerprint density at radius 2 is 1.86 bits per heavy atom. The molecule has 0 radical (unpaired) electrons. The van der Waals surface area contributed by atoms with Crippen molar-refractivity contribution >= 4 is 12.0 Å². The van der Waals surface area contributed by atoms with E-state index in [-0.39, 0.29) is 11.9 Å². The molecule has 0 unspecified atom stereocenters. The lowest BCUT2D eigenvalue weighted by molar-refractivity contribution is -0.143. The van der Waals surface area contributed by atoms with E-state index in [4.69, 9.17) is 5.11 Å². The maximum Gasteiger partial charge on any atom is 0.317 e. The smallest absolute Gasteiger partial charge is 0.317 e. The molecule has 2 N–H and O–H groups in total. The Morgan fingerprint density at radius 1 is 1.18 bits per heavy atom. The minimum Gasteiger partial charge on any atom is -0.481 e. The van der Waals surface area contributed by atoms with Crippen molar-refractivity contribution in [2.75, 3.05) is 19.6 Å². The minimum absolute atomic E-state index is 0.0532. The second-order valence-electron chi connectivity index (χ2n) is 6.30. The van der Waals surface area contributed by atoms with E-state index in [9.17, 15) is 9.59 Å². The minimum atomic E-state index is -0.747. The first-order valence-electron chi connectivity index (χ1n) is 7.95. The quantitative estimate of drug-likeness (QED) is 0.896. The molecule has 1 heterocycles. The van der Waals surface area contributed by atoms with Crippen LogP contribution >= 0.6 is 0 Å². The van der Waals surface area contributed by atoms with Gasteiger partial charge in [0.1, 0.15) is 0 Å². The number of carboxylic acid groups (broad SMARTS) is 1. The molecule has 5 nitrogen and oxygen atoms in total. The van der Waals surface area contributed by atoms with Gasteiger partial charge in [-0.2, -0.15) is 0 Å². The second-order valence-corrected chi connectivity index (χ2v) is 6.30. The number of carboxylic acids is 1. The molecule has 1 aromatic rings. The predicted octanol–water partition coefficient (Wildman–Crippen LogP) is 2.30. The van der Waals surface area contributed by atoms with Crippen LogP contribution in [0.3, 0.4) is 0 Å². The maximum atomic E-state index is 12.1. The van der Waals surface area contributed by atoms with E-state index in [1.807, 2.05) is 6.07 Å². The van der Waals surface area contributed by atoms with Crippen molar-refractivity contribution in [2.45, 2.75) is 25.2 Å². The van der Waals surface area contributed by atoms with Crippen LogP contribution in [0.4, 0.5) is 4.79 Å². The number of amides is 2. The van der Waals surface area contributed by atoms with Gasteiger partial charge in [-0.3, -0.25) is 4.79 Å². The molecule has 0 bridgehead atoms. The van der Waals surface area contributed by atoms with Crippen LogP contribution in [0.5, 0.6) is 0 Å². The monoisotopic (exact) mass is 302 g/mol. The van der Waals surface area contributed by atoms with Gasteiger partial charge >= 0.3 is 12.0 Å². The van der Waals surface area contributed by atoms with Crippen LogP contribution in [0.1, 0.15) is 30.7 Å². The molecule has 1 aromatic carbocycles. The molecule has 2 fully saturated rings. The van der Waals surface area contributed by atoms with E-state index >= 15 is 0 Å². The molecule has 1 saturated heterocycles. The topological polar surface area (TPSA) is 69.6 Å². The fraction of sp³-hybridized carbons (Fsp3) is 0.529. The number of likely N-dealkylation sites (tertiary alicyclic amines) is 1. The van der Waals surface area contributed by atoms with Crippen LogP contribution < -0.4 is 5.32 Å². The van der Waals surface area contributed by atoms with Crippen LogP contribution in [0.25, 0.3) is 0 Å². The summed E-state index contributed by atoms with van der Waals surface area (Å²) < 4.78 is 0. The summed E-state index contributed by atoms with van der Waals surface area (Å²) in [5.41, 5.74) is 1.35. The molecular weight excluding hydrogens is 280 g/mol. The SMILES string of the molecule is O=C(O)C1CCN(C(=O)NC[C@@H]2C[C@H]2c2ccccc2)CC1. The average Bonchev–Trinajstić information content (AvgIpc) is 3.33. The summed E-state index contributed by atoms with van der Waals surface area (Å²) in [5.74, 6) is 0.0563. The third-order valence-electron chi connectivity index (χ3n) is 4.80. The van der Waals surface area contributed by atoms with Crippen LogP contribution in [0, 0.1) is 11.8 Å². The van der Waals surface area contributed by atoms with Crippen LogP contribution in [0.15, 0.2) is 30.3 Å². The summed E-state index contributed by atoms with van der Waals surface area (Å²) in [4.78, 5) is 24.8. The van der Waals surface area contributed by atoms with Crippen molar-refractivity contribution < 1.29 is 14.7 Å². The third kappa shape index (κ3) is 3.40. The molecule has 118 valence electrons. The van der Waals surface area contributed by atoms with Gasteiger partial charge in [0, 0.05) is 19.6 Å². The molecule has 22 heavy (non-hydrogen) atoms. The number of hydrogen-bond donors (Lipinski definition) is 2. The van der Waals surface area contributed by atoms with E-state index < -0.39 is 5.97 Å². The summed E-state index contributed by atoms with van der Waals surface area (Å²) in [6, 6.07) is 10.4. The van der Waals surface area contributed by atoms with Gasteiger partial charge in [-0.15, -0.1) is 0 Å². The lowest BCUT2D eigenvalue weighted by Crippen LogP contribution is -2.46. The molecule has 3 rings (SSSR count). The number of rotatable bonds is 4. The fourth-order valence-corrected chi connectivity index (χ4v) is 3.24.